The molecule has 7 heteroatoms. The highest BCUT2D eigenvalue weighted by Crippen LogP contribution is 2.28. The van der Waals surface area contributed by atoms with Crippen molar-refractivity contribution >= 4 is 28.7 Å². The third kappa shape index (κ3) is 2.63. The zero-order valence-electron chi connectivity index (χ0n) is 13.0. The fourth-order valence-electron chi connectivity index (χ4n) is 2.47. The first kappa shape index (κ1) is 14.8. The quantitative estimate of drug-likeness (QED) is 0.453. The third-order valence-corrected chi connectivity index (χ3v) is 4.60. The van der Waals surface area contributed by atoms with Crippen LogP contribution in [0.15, 0.2) is 58.3 Å². The zero-order chi connectivity index (χ0) is 16.5. The van der Waals surface area contributed by atoms with Crippen LogP contribution in [0.5, 0.6) is 0 Å². The lowest BCUT2D eigenvalue weighted by Crippen LogP contribution is -1.99. The Kier molecular flexibility index (Phi) is 3.70. The largest absolute Gasteiger partial charge is 0.461 e. The molecular weight excluding hydrogens is 322 g/mol. The minimum atomic E-state index is 0.379. The van der Waals surface area contributed by atoms with Gasteiger partial charge in [-0.05, 0) is 17.7 Å². The van der Waals surface area contributed by atoms with Gasteiger partial charge in [-0.15, -0.1) is 0 Å². The van der Waals surface area contributed by atoms with E-state index in [9.17, 15) is 0 Å². The Morgan fingerprint density at radius 2 is 1.92 bits per heavy atom. The summed E-state index contributed by atoms with van der Waals surface area (Å²) in [6.07, 6.45) is 1.62. The number of benzene rings is 1. The Morgan fingerprint density at radius 3 is 2.67 bits per heavy atom. The average Bonchev–Trinajstić information content (AvgIpc) is 3.23. The summed E-state index contributed by atoms with van der Waals surface area (Å²) >= 11 is 1.55. The van der Waals surface area contributed by atoms with E-state index in [1.165, 1.54) is 5.56 Å². The maximum Gasteiger partial charge on any atom is 0.191 e. The summed E-state index contributed by atoms with van der Waals surface area (Å²) in [7, 11) is 1.89. The lowest BCUT2D eigenvalue weighted by molar-refractivity contribution is 0.574. The van der Waals surface area contributed by atoms with Gasteiger partial charge in [0.1, 0.15) is 0 Å². The minimum absolute atomic E-state index is 0.379. The molecule has 24 heavy (non-hydrogen) atoms. The molecule has 0 amide bonds. The van der Waals surface area contributed by atoms with Gasteiger partial charge in [0, 0.05) is 12.8 Å². The van der Waals surface area contributed by atoms with Gasteiger partial charge in [0.05, 0.1) is 6.26 Å². The van der Waals surface area contributed by atoms with E-state index in [0.29, 0.717) is 33.7 Å². The first-order chi connectivity index (χ1) is 11.7. The van der Waals surface area contributed by atoms with Crippen molar-refractivity contribution in [3.8, 4) is 11.6 Å². The number of hydrogen-bond acceptors (Lipinski definition) is 6. The standard InChI is InChI=1S/C17H15N5OS/c1-22-15(12-8-5-9-23-12)19-13-14(18)20-17(21-16(13)22)24-10-11-6-3-2-4-7-11/h2-9H,10H2,1H3,(H2,18,20,21). The molecule has 120 valence electrons. The van der Waals surface area contributed by atoms with Gasteiger partial charge >= 0.3 is 0 Å². The topological polar surface area (TPSA) is 82.8 Å². The van der Waals surface area contributed by atoms with Crippen molar-refractivity contribution in [2.24, 2.45) is 7.05 Å². The molecule has 6 nitrogen and oxygen atoms in total. The average molecular weight is 337 g/mol. The van der Waals surface area contributed by atoms with Crippen molar-refractivity contribution in [1.82, 2.24) is 19.5 Å². The lowest BCUT2D eigenvalue weighted by Gasteiger charge is -2.03. The Hall–Kier alpha value is -2.80. The Labute approximate surface area is 142 Å². The van der Waals surface area contributed by atoms with E-state index in [4.69, 9.17) is 10.2 Å². The number of furan rings is 1. The highest BCUT2D eigenvalue weighted by atomic mass is 32.2. The Bertz CT molecular complexity index is 979. The molecule has 0 spiro atoms. The second kappa shape index (κ2) is 6.01. The van der Waals surface area contributed by atoms with E-state index in [1.54, 1.807) is 18.0 Å². The second-order valence-electron chi connectivity index (χ2n) is 5.31. The molecule has 0 bridgehead atoms. The maximum absolute atomic E-state index is 6.09. The van der Waals surface area contributed by atoms with Crippen molar-refractivity contribution in [3.63, 3.8) is 0 Å². The van der Waals surface area contributed by atoms with Crippen LogP contribution in [0.1, 0.15) is 5.56 Å². The molecule has 1 aromatic carbocycles. The summed E-state index contributed by atoms with van der Waals surface area (Å²) < 4.78 is 7.30. The molecule has 0 radical (unpaired) electrons. The molecule has 0 atom stereocenters. The molecule has 4 aromatic rings. The van der Waals surface area contributed by atoms with Crippen molar-refractivity contribution in [1.29, 1.82) is 0 Å². The first-order valence-corrected chi connectivity index (χ1v) is 8.41. The summed E-state index contributed by atoms with van der Waals surface area (Å²) in [5.41, 5.74) is 8.59. The molecule has 2 N–H and O–H groups in total. The minimum Gasteiger partial charge on any atom is -0.461 e. The first-order valence-electron chi connectivity index (χ1n) is 7.43. The fraction of sp³-hybridized carbons (Fsp3) is 0.118. The highest BCUT2D eigenvalue weighted by Gasteiger charge is 2.17. The third-order valence-electron chi connectivity index (χ3n) is 3.68. The number of nitrogens with zero attached hydrogens (tertiary/aromatic N) is 4. The van der Waals surface area contributed by atoms with Gasteiger partial charge in [0.15, 0.2) is 33.7 Å². The number of nitrogen functional groups attached to an aromatic ring is 1. The van der Waals surface area contributed by atoms with Crippen molar-refractivity contribution in [2.75, 3.05) is 5.73 Å². The van der Waals surface area contributed by atoms with Crippen LogP contribution in [0.3, 0.4) is 0 Å². The van der Waals surface area contributed by atoms with Gasteiger partial charge in [-0.1, -0.05) is 42.1 Å². The molecule has 3 heterocycles. The van der Waals surface area contributed by atoms with Crippen LogP contribution < -0.4 is 5.73 Å². The van der Waals surface area contributed by atoms with Gasteiger partial charge in [0.2, 0.25) is 0 Å². The highest BCUT2D eigenvalue weighted by molar-refractivity contribution is 7.98. The number of aromatic nitrogens is 4. The van der Waals surface area contributed by atoms with E-state index >= 15 is 0 Å². The number of thioether (sulfide) groups is 1. The van der Waals surface area contributed by atoms with Gasteiger partial charge in [-0.3, -0.25) is 0 Å². The molecule has 0 aliphatic heterocycles. The molecule has 4 rings (SSSR count). The number of anilines is 1. The molecule has 0 aliphatic carbocycles. The second-order valence-corrected chi connectivity index (χ2v) is 6.25. The number of hydrogen-bond donors (Lipinski definition) is 1. The summed E-state index contributed by atoms with van der Waals surface area (Å²) in [5, 5.41) is 0.637. The fourth-order valence-corrected chi connectivity index (χ4v) is 3.28. The number of imidazole rings is 1. The molecule has 0 fully saturated rings. The molecular formula is C17H15N5OS. The number of aryl methyl sites for hydroxylation is 1. The summed E-state index contributed by atoms with van der Waals surface area (Å²) in [6, 6.07) is 13.9. The van der Waals surface area contributed by atoms with Gasteiger partial charge in [-0.2, -0.15) is 0 Å². The maximum atomic E-state index is 6.09. The summed E-state index contributed by atoms with van der Waals surface area (Å²) in [4.78, 5) is 13.5. The van der Waals surface area contributed by atoms with Crippen molar-refractivity contribution < 1.29 is 4.42 Å². The van der Waals surface area contributed by atoms with Gasteiger partial charge < -0.3 is 14.7 Å². The lowest BCUT2D eigenvalue weighted by atomic mass is 10.2. The van der Waals surface area contributed by atoms with Crippen molar-refractivity contribution in [3.05, 3.63) is 54.3 Å². The van der Waals surface area contributed by atoms with Crippen LogP contribution in [0.2, 0.25) is 0 Å². The smallest absolute Gasteiger partial charge is 0.191 e. The SMILES string of the molecule is Cn1c(-c2ccco2)nc2c(N)nc(SCc3ccccc3)nc21. The number of rotatable bonds is 4. The van der Waals surface area contributed by atoms with E-state index < -0.39 is 0 Å². The van der Waals surface area contributed by atoms with Gasteiger partial charge in [0.25, 0.3) is 0 Å². The monoisotopic (exact) mass is 337 g/mol. The van der Waals surface area contributed by atoms with E-state index in [0.717, 1.165) is 5.75 Å². The summed E-state index contributed by atoms with van der Waals surface area (Å²) in [6.45, 7) is 0. The Balaban J connectivity index is 1.70. The number of fused-ring (bicyclic) bond motifs is 1. The van der Waals surface area contributed by atoms with Crippen LogP contribution in [0.4, 0.5) is 5.82 Å². The normalized spacial score (nSPS) is 11.2. The van der Waals surface area contributed by atoms with Crippen LogP contribution in [-0.4, -0.2) is 19.5 Å². The molecule has 0 unspecified atom stereocenters. The van der Waals surface area contributed by atoms with Crippen LogP contribution in [0, 0.1) is 0 Å². The van der Waals surface area contributed by atoms with E-state index in [1.807, 2.05) is 41.9 Å². The van der Waals surface area contributed by atoms with E-state index in [2.05, 4.69) is 27.1 Å². The van der Waals surface area contributed by atoms with E-state index in [-0.39, 0.29) is 0 Å². The van der Waals surface area contributed by atoms with Crippen molar-refractivity contribution in [2.45, 2.75) is 10.9 Å². The summed E-state index contributed by atoms with van der Waals surface area (Å²) in [5.74, 6) is 2.52. The zero-order valence-corrected chi connectivity index (χ0v) is 13.8. The van der Waals surface area contributed by atoms with Crippen LogP contribution >= 0.6 is 11.8 Å². The molecule has 0 aliphatic rings. The predicted octanol–water partition coefficient (Wildman–Crippen LogP) is 3.50. The Morgan fingerprint density at radius 1 is 1.08 bits per heavy atom. The molecule has 0 saturated heterocycles. The van der Waals surface area contributed by atoms with Crippen LogP contribution in [0.25, 0.3) is 22.7 Å². The van der Waals surface area contributed by atoms with Crippen LogP contribution in [-0.2, 0) is 12.8 Å². The predicted molar refractivity (Wildman–Crippen MR) is 94.4 cm³/mol. The molecule has 3 aromatic heterocycles. The number of nitrogens with two attached hydrogens (primary N) is 1. The van der Waals surface area contributed by atoms with Gasteiger partial charge in [-0.25, -0.2) is 15.0 Å². The molecule has 0 saturated carbocycles.